The topological polar surface area (TPSA) is 20.3 Å². The van der Waals surface area contributed by atoms with Gasteiger partial charge in [-0.15, -0.1) is 0 Å². The Hall–Kier alpha value is -0.870. The lowest BCUT2D eigenvalue weighted by atomic mass is 10.1. The van der Waals surface area contributed by atoms with Crippen LogP contribution in [0.3, 0.4) is 0 Å². The van der Waals surface area contributed by atoms with Crippen molar-refractivity contribution in [2.24, 2.45) is 0 Å². The van der Waals surface area contributed by atoms with Crippen LogP contribution in [0.2, 0.25) is 0 Å². The normalized spacial score (nSPS) is 15.3. The number of benzene rings is 1. The lowest BCUT2D eigenvalue weighted by Crippen LogP contribution is -2.32. The number of thioether (sulfide) groups is 1. The van der Waals surface area contributed by atoms with Crippen LogP contribution in [0.5, 0.6) is 0 Å². The van der Waals surface area contributed by atoms with Crippen LogP contribution in [0.4, 0.5) is 0 Å². The average molecular weight is 293 g/mol. The molecule has 0 saturated carbocycles. The second kappa shape index (κ2) is 7.65. The van der Waals surface area contributed by atoms with E-state index in [1.165, 1.54) is 19.3 Å². The van der Waals surface area contributed by atoms with E-state index in [0.717, 1.165) is 28.7 Å². The van der Waals surface area contributed by atoms with E-state index in [4.69, 9.17) is 12.2 Å². The van der Waals surface area contributed by atoms with Crippen molar-refractivity contribution >= 4 is 34.1 Å². The van der Waals surface area contributed by atoms with E-state index in [2.05, 4.69) is 4.90 Å². The molecule has 2 rings (SSSR count). The number of piperidine rings is 1. The number of thiocarbonyl (C=S) groups is 1. The molecule has 1 fully saturated rings. The highest BCUT2D eigenvalue weighted by Gasteiger charge is 2.14. The quantitative estimate of drug-likeness (QED) is 0.622. The molecule has 0 bridgehead atoms. The predicted octanol–water partition coefficient (Wildman–Crippen LogP) is 3.76. The maximum Gasteiger partial charge on any atom is 0.163 e. The molecular formula is C15H19NOS2. The van der Waals surface area contributed by atoms with Crippen molar-refractivity contribution in [1.29, 1.82) is 0 Å². The fraction of sp³-hybridized carbons (Fsp3) is 0.467. The Kier molecular flexibility index (Phi) is 5.86. The average Bonchev–Trinajstić information content (AvgIpc) is 2.49. The van der Waals surface area contributed by atoms with Crippen LogP contribution < -0.4 is 0 Å². The van der Waals surface area contributed by atoms with Gasteiger partial charge in [-0.2, -0.15) is 0 Å². The third-order valence-electron chi connectivity index (χ3n) is 3.26. The van der Waals surface area contributed by atoms with Crippen LogP contribution in [0.1, 0.15) is 36.0 Å². The number of carbonyl (C=O) groups excluding carboxylic acids is 1. The summed E-state index contributed by atoms with van der Waals surface area (Å²) in [6.07, 6.45) is 4.35. The summed E-state index contributed by atoms with van der Waals surface area (Å²) in [5.74, 6) is 0.984. The Balaban J connectivity index is 1.71. The number of rotatable bonds is 4. The minimum Gasteiger partial charge on any atom is -0.358 e. The molecule has 1 aliphatic heterocycles. The van der Waals surface area contributed by atoms with E-state index in [1.807, 2.05) is 30.3 Å². The first kappa shape index (κ1) is 14.5. The third-order valence-corrected chi connectivity index (χ3v) is 4.79. The first-order chi connectivity index (χ1) is 9.27. The molecule has 1 aromatic carbocycles. The summed E-state index contributed by atoms with van der Waals surface area (Å²) in [5.41, 5.74) is 0.798. The largest absolute Gasteiger partial charge is 0.358 e. The molecule has 19 heavy (non-hydrogen) atoms. The molecule has 0 radical (unpaired) electrons. The van der Waals surface area contributed by atoms with Gasteiger partial charge in [-0.3, -0.25) is 4.79 Å². The van der Waals surface area contributed by atoms with Crippen LogP contribution in [-0.4, -0.2) is 33.8 Å². The number of hydrogen-bond donors (Lipinski definition) is 0. The Bertz CT molecular complexity index is 427. The van der Waals surface area contributed by atoms with Crippen molar-refractivity contribution in [3.63, 3.8) is 0 Å². The smallest absolute Gasteiger partial charge is 0.163 e. The number of likely N-dealkylation sites (tertiary alicyclic amines) is 1. The summed E-state index contributed by atoms with van der Waals surface area (Å²) in [6.45, 7) is 2.16. The van der Waals surface area contributed by atoms with Gasteiger partial charge in [-0.1, -0.05) is 54.3 Å². The molecule has 1 saturated heterocycles. The van der Waals surface area contributed by atoms with Gasteiger partial charge in [0.1, 0.15) is 4.32 Å². The second-order valence-corrected chi connectivity index (χ2v) is 6.43. The Morgan fingerprint density at radius 2 is 1.84 bits per heavy atom. The molecular weight excluding hydrogens is 274 g/mol. The van der Waals surface area contributed by atoms with Crippen LogP contribution in [0.15, 0.2) is 30.3 Å². The van der Waals surface area contributed by atoms with Crippen molar-refractivity contribution in [1.82, 2.24) is 4.90 Å². The van der Waals surface area contributed by atoms with Crippen molar-refractivity contribution < 1.29 is 4.79 Å². The van der Waals surface area contributed by atoms with Crippen LogP contribution in [-0.2, 0) is 0 Å². The van der Waals surface area contributed by atoms with Gasteiger partial charge in [-0.05, 0) is 19.3 Å². The van der Waals surface area contributed by atoms with Gasteiger partial charge in [0.2, 0.25) is 0 Å². The zero-order valence-electron chi connectivity index (χ0n) is 11.0. The summed E-state index contributed by atoms with van der Waals surface area (Å²) >= 11 is 7.06. The van der Waals surface area contributed by atoms with Crippen molar-refractivity contribution in [3.8, 4) is 0 Å². The molecule has 1 aromatic rings. The number of Topliss-reactive ketones (excluding diaryl/α,β-unsaturated/α-hetero) is 1. The van der Waals surface area contributed by atoms with Gasteiger partial charge in [0.05, 0.1) is 0 Å². The Labute approximate surface area is 124 Å². The summed E-state index contributed by atoms with van der Waals surface area (Å²) in [6, 6.07) is 9.47. The molecule has 0 spiro atoms. The fourth-order valence-corrected chi connectivity index (χ4v) is 3.43. The Morgan fingerprint density at radius 3 is 2.53 bits per heavy atom. The second-order valence-electron chi connectivity index (χ2n) is 4.70. The minimum absolute atomic E-state index is 0.203. The van der Waals surface area contributed by atoms with E-state index >= 15 is 0 Å². The van der Waals surface area contributed by atoms with Gasteiger partial charge in [0.15, 0.2) is 5.78 Å². The molecule has 0 aromatic heterocycles. The summed E-state index contributed by atoms with van der Waals surface area (Å²) in [7, 11) is 0. The molecule has 102 valence electrons. The lowest BCUT2D eigenvalue weighted by Gasteiger charge is -2.28. The highest BCUT2D eigenvalue weighted by atomic mass is 32.2. The highest BCUT2D eigenvalue weighted by Crippen LogP contribution is 2.17. The standard InChI is InChI=1S/C15H19NOS2/c17-14(13-7-3-1-4-8-13)9-12-19-15(18)16-10-5-2-6-11-16/h1,3-4,7-8H,2,5-6,9-12H2. The van der Waals surface area contributed by atoms with E-state index in [1.54, 1.807) is 11.8 Å². The summed E-state index contributed by atoms with van der Waals surface area (Å²) in [4.78, 5) is 14.2. The minimum atomic E-state index is 0.203. The fourth-order valence-electron chi connectivity index (χ4n) is 2.17. The number of hydrogen-bond acceptors (Lipinski definition) is 3. The monoisotopic (exact) mass is 293 g/mol. The number of ketones is 1. The van der Waals surface area contributed by atoms with Gasteiger partial charge in [0.25, 0.3) is 0 Å². The van der Waals surface area contributed by atoms with Crippen molar-refractivity contribution in [2.45, 2.75) is 25.7 Å². The van der Waals surface area contributed by atoms with Gasteiger partial charge < -0.3 is 4.90 Å². The molecule has 0 atom stereocenters. The maximum absolute atomic E-state index is 11.9. The summed E-state index contributed by atoms with van der Waals surface area (Å²) in [5, 5.41) is 0. The lowest BCUT2D eigenvalue weighted by molar-refractivity contribution is 0.0989. The zero-order chi connectivity index (χ0) is 13.5. The molecule has 1 heterocycles. The predicted molar refractivity (Wildman–Crippen MR) is 85.9 cm³/mol. The van der Waals surface area contributed by atoms with Crippen molar-refractivity contribution in [3.05, 3.63) is 35.9 Å². The number of nitrogens with zero attached hydrogens (tertiary/aromatic N) is 1. The van der Waals surface area contributed by atoms with Crippen LogP contribution >= 0.6 is 24.0 Å². The highest BCUT2D eigenvalue weighted by molar-refractivity contribution is 8.22. The van der Waals surface area contributed by atoms with Gasteiger partial charge >= 0.3 is 0 Å². The summed E-state index contributed by atoms with van der Waals surface area (Å²) < 4.78 is 0.959. The van der Waals surface area contributed by atoms with E-state index in [0.29, 0.717) is 6.42 Å². The van der Waals surface area contributed by atoms with E-state index < -0.39 is 0 Å². The zero-order valence-corrected chi connectivity index (χ0v) is 12.6. The first-order valence-electron chi connectivity index (χ1n) is 6.77. The molecule has 0 N–H and O–H groups in total. The SMILES string of the molecule is O=C(CCSC(=S)N1CCCCC1)c1ccccc1. The Morgan fingerprint density at radius 1 is 1.16 bits per heavy atom. The maximum atomic E-state index is 11.9. The van der Waals surface area contributed by atoms with Crippen LogP contribution in [0, 0.1) is 0 Å². The number of carbonyl (C=O) groups is 1. The molecule has 1 aliphatic rings. The molecule has 0 amide bonds. The van der Waals surface area contributed by atoms with E-state index in [9.17, 15) is 4.79 Å². The molecule has 0 aliphatic carbocycles. The van der Waals surface area contributed by atoms with Crippen molar-refractivity contribution in [2.75, 3.05) is 18.8 Å². The van der Waals surface area contributed by atoms with Gasteiger partial charge in [0, 0.05) is 30.8 Å². The van der Waals surface area contributed by atoms with E-state index in [-0.39, 0.29) is 5.78 Å². The molecule has 4 heteroatoms. The molecule has 0 unspecified atom stereocenters. The van der Waals surface area contributed by atoms with Crippen LogP contribution in [0.25, 0.3) is 0 Å². The van der Waals surface area contributed by atoms with Gasteiger partial charge in [-0.25, -0.2) is 0 Å². The molecule has 2 nitrogen and oxygen atoms in total. The third kappa shape index (κ3) is 4.62. The first-order valence-corrected chi connectivity index (χ1v) is 8.17.